The fourth-order valence-electron chi connectivity index (χ4n) is 1.41. The van der Waals surface area contributed by atoms with Crippen molar-refractivity contribution in [2.45, 2.75) is 6.54 Å². The second kappa shape index (κ2) is 4.49. The number of rotatable bonds is 4. The molecule has 0 unspecified atom stereocenters. The van der Waals surface area contributed by atoms with Gasteiger partial charge in [0.05, 0.1) is 6.20 Å². The molecule has 18 heavy (non-hydrogen) atoms. The Labute approximate surface area is 105 Å². The molecule has 0 aliphatic rings. The van der Waals surface area contributed by atoms with Crippen LogP contribution in [0.3, 0.4) is 0 Å². The molecule has 90 valence electrons. The van der Waals surface area contributed by atoms with Gasteiger partial charge in [-0.3, -0.25) is 4.79 Å². The van der Waals surface area contributed by atoms with Gasteiger partial charge in [-0.1, -0.05) is 10.4 Å². The lowest BCUT2D eigenvalue weighted by molar-refractivity contribution is 0.111. The molecular formula is C10H7N5O2S. The van der Waals surface area contributed by atoms with E-state index in [-0.39, 0.29) is 12.2 Å². The fraction of sp³-hybridized carbons (Fsp3) is 0.100. The second-order valence-electron chi connectivity index (χ2n) is 3.48. The van der Waals surface area contributed by atoms with E-state index in [4.69, 9.17) is 4.52 Å². The van der Waals surface area contributed by atoms with E-state index in [0.717, 1.165) is 5.56 Å². The van der Waals surface area contributed by atoms with Gasteiger partial charge in [0.2, 0.25) is 11.7 Å². The monoisotopic (exact) mass is 261 g/mol. The molecule has 0 radical (unpaired) electrons. The predicted octanol–water partition coefficient (Wildman–Crippen LogP) is 1.25. The van der Waals surface area contributed by atoms with Crippen LogP contribution in [0.5, 0.6) is 0 Å². The Morgan fingerprint density at radius 1 is 1.50 bits per heavy atom. The molecular weight excluding hydrogens is 254 g/mol. The Bertz CT molecular complexity index is 657. The maximum Gasteiger partial charge on any atom is 0.248 e. The molecule has 0 spiro atoms. The van der Waals surface area contributed by atoms with E-state index in [0.29, 0.717) is 18.0 Å². The summed E-state index contributed by atoms with van der Waals surface area (Å²) in [6.07, 6.45) is 2.15. The van der Waals surface area contributed by atoms with E-state index in [9.17, 15) is 4.79 Å². The van der Waals surface area contributed by atoms with Gasteiger partial charge in [-0.15, -0.1) is 5.10 Å². The lowest BCUT2D eigenvalue weighted by Crippen LogP contribution is -2.00. The van der Waals surface area contributed by atoms with Crippen LogP contribution in [-0.2, 0) is 6.54 Å². The van der Waals surface area contributed by atoms with Crippen LogP contribution in [0.25, 0.3) is 11.4 Å². The normalized spacial score (nSPS) is 10.7. The molecule has 0 amide bonds. The van der Waals surface area contributed by atoms with Gasteiger partial charge in [0.1, 0.15) is 12.2 Å². The largest absolute Gasteiger partial charge is 0.337 e. The van der Waals surface area contributed by atoms with Gasteiger partial charge in [-0.2, -0.15) is 16.3 Å². The van der Waals surface area contributed by atoms with Crippen molar-refractivity contribution in [3.05, 3.63) is 34.6 Å². The van der Waals surface area contributed by atoms with E-state index in [1.165, 1.54) is 10.9 Å². The minimum Gasteiger partial charge on any atom is -0.337 e. The first-order valence-corrected chi connectivity index (χ1v) is 6.00. The first-order valence-electron chi connectivity index (χ1n) is 5.05. The van der Waals surface area contributed by atoms with E-state index >= 15 is 0 Å². The zero-order valence-corrected chi connectivity index (χ0v) is 9.87. The highest BCUT2D eigenvalue weighted by atomic mass is 32.1. The summed E-state index contributed by atoms with van der Waals surface area (Å²) in [7, 11) is 0. The predicted molar refractivity (Wildman–Crippen MR) is 62.1 cm³/mol. The number of carbonyl (C=O) groups excluding carboxylic acids is 1. The third-order valence-corrected chi connectivity index (χ3v) is 2.91. The molecule has 0 N–H and O–H groups in total. The number of thiophene rings is 1. The van der Waals surface area contributed by atoms with Gasteiger partial charge >= 0.3 is 0 Å². The maximum atomic E-state index is 10.5. The van der Waals surface area contributed by atoms with Gasteiger partial charge in [0.15, 0.2) is 6.29 Å². The first-order chi connectivity index (χ1) is 8.85. The maximum absolute atomic E-state index is 10.5. The molecule has 0 fully saturated rings. The molecule has 0 aliphatic heterocycles. The van der Waals surface area contributed by atoms with Crippen LogP contribution < -0.4 is 0 Å². The quantitative estimate of drug-likeness (QED) is 0.657. The molecule has 0 atom stereocenters. The van der Waals surface area contributed by atoms with Crippen molar-refractivity contribution in [2.75, 3.05) is 0 Å². The van der Waals surface area contributed by atoms with Gasteiger partial charge in [0.25, 0.3) is 0 Å². The molecule has 3 aromatic heterocycles. The average molecular weight is 261 g/mol. The van der Waals surface area contributed by atoms with Gasteiger partial charge in [-0.05, 0) is 11.4 Å². The third-order valence-electron chi connectivity index (χ3n) is 2.22. The van der Waals surface area contributed by atoms with Crippen molar-refractivity contribution in [1.29, 1.82) is 0 Å². The van der Waals surface area contributed by atoms with Crippen molar-refractivity contribution < 1.29 is 9.32 Å². The zero-order chi connectivity index (χ0) is 12.4. The summed E-state index contributed by atoms with van der Waals surface area (Å²) < 4.78 is 6.57. The fourth-order valence-corrected chi connectivity index (χ4v) is 2.05. The smallest absolute Gasteiger partial charge is 0.248 e. The SMILES string of the molecule is O=Cc1cn(Cc2nc(-c3ccsc3)no2)nn1. The standard InChI is InChI=1S/C10H7N5O2S/c16-5-8-3-15(14-12-8)4-9-11-10(13-17-9)7-1-2-18-6-7/h1-3,5-6H,4H2. The molecule has 0 saturated heterocycles. The summed E-state index contributed by atoms with van der Waals surface area (Å²) >= 11 is 1.57. The van der Waals surface area contributed by atoms with Gasteiger partial charge in [-0.25, -0.2) is 4.68 Å². The van der Waals surface area contributed by atoms with Crippen LogP contribution in [-0.4, -0.2) is 31.4 Å². The lowest BCUT2D eigenvalue weighted by atomic mass is 10.3. The van der Waals surface area contributed by atoms with Crippen LogP contribution in [0.15, 0.2) is 27.5 Å². The van der Waals surface area contributed by atoms with Crippen LogP contribution in [0.2, 0.25) is 0 Å². The van der Waals surface area contributed by atoms with Crippen molar-refractivity contribution in [1.82, 2.24) is 25.1 Å². The highest BCUT2D eigenvalue weighted by molar-refractivity contribution is 7.08. The minimum atomic E-state index is 0.271. The van der Waals surface area contributed by atoms with E-state index < -0.39 is 0 Å². The molecule has 0 aliphatic carbocycles. The second-order valence-corrected chi connectivity index (χ2v) is 4.26. The number of aromatic nitrogens is 5. The number of hydrogen-bond donors (Lipinski definition) is 0. The molecule has 3 rings (SSSR count). The molecule has 3 heterocycles. The number of aldehydes is 1. The highest BCUT2D eigenvalue weighted by Gasteiger charge is 2.10. The molecule has 0 saturated carbocycles. The summed E-state index contributed by atoms with van der Waals surface area (Å²) in [6.45, 7) is 0.290. The first kappa shape index (κ1) is 10.8. The molecule has 7 nitrogen and oxygen atoms in total. The minimum absolute atomic E-state index is 0.271. The summed E-state index contributed by atoms with van der Waals surface area (Å²) in [4.78, 5) is 14.7. The topological polar surface area (TPSA) is 86.7 Å². The Morgan fingerprint density at radius 2 is 2.44 bits per heavy atom. The number of hydrogen-bond acceptors (Lipinski definition) is 7. The Balaban J connectivity index is 1.79. The zero-order valence-electron chi connectivity index (χ0n) is 9.05. The number of nitrogens with zero attached hydrogens (tertiary/aromatic N) is 5. The van der Waals surface area contributed by atoms with Crippen molar-refractivity contribution in [2.24, 2.45) is 0 Å². The Kier molecular flexibility index (Phi) is 2.69. The van der Waals surface area contributed by atoms with Crippen molar-refractivity contribution in [3.63, 3.8) is 0 Å². The average Bonchev–Trinajstić information content (AvgIpc) is 3.10. The summed E-state index contributed by atoms with van der Waals surface area (Å²) in [5, 5.41) is 15.2. The van der Waals surface area contributed by atoms with E-state index in [1.807, 2.05) is 16.8 Å². The lowest BCUT2D eigenvalue weighted by Gasteiger charge is -1.91. The summed E-state index contributed by atoms with van der Waals surface area (Å²) in [5.41, 5.74) is 1.19. The summed E-state index contributed by atoms with van der Waals surface area (Å²) in [5.74, 6) is 0.959. The Morgan fingerprint density at radius 3 is 3.17 bits per heavy atom. The molecule has 0 aromatic carbocycles. The van der Waals surface area contributed by atoms with Crippen LogP contribution in [0, 0.1) is 0 Å². The molecule has 8 heteroatoms. The van der Waals surface area contributed by atoms with Gasteiger partial charge < -0.3 is 4.52 Å². The van der Waals surface area contributed by atoms with Crippen molar-refractivity contribution in [3.8, 4) is 11.4 Å². The van der Waals surface area contributed by atoms with Crippen molar-refractivity contribution >= 4 is 17.6 Å². The van der Waals surface area contributed by atoms with Crippen LogP contribution in [0.1, 0.15) is 16.4 Å². The molecule has 3 aromatic rings. The Hall–Kier alpha value is -2.35. The van der Waals surface area contributed by atoms with Gasteiger partial charge in [0, 0.05) is 10.9 Å². The molecule has 0 bridgehead atoms. The van der Waals surface area contributed by atoms with Crippen LogP contribution in [0.4, 0.5) is 0 Å². The van der Waals surface area contributed by atoms with Crippen LogP contribution >= 0.6 is 11.3 Å². The summed E-state index contributed by atoms with van der Waals surface area (Å²) in [6, 6.07) is 1.92. The van der Waals surface area contributed by atoms with E-state index in [1.54, 1.807) is 11.3 Å². The highest BCUT2D eigenvalue weighted by Crippen LogP contribution is 2.18. The van der Waals surface area contributed by atoms with E-state index in [2.05, 4.69) is 20.5 Å². The third kappa shape index (κ3) is 2.05. The number of carbonyl (C=O) groups is 1.